The number of hydrogen-bond acceptors (Lipinski definition) is 1. The van der Waals surface area contributed by atoms with Gasteiger partial charge in [-0.25, -0.2) is 0 Å². The van der Waals surface area contributed by atoms with E-state index in [-0.39, 0.29) is 5.91 Å². The summed E-state index contributed by atoms with van der Waals surface area (Å²) in [5, 5.41) is 3.01. The maximum atomic E-state index is 11.3. The monoisotopic (exact) mass is 167 g/mol. The Labute approximate surface area is 74.0 Å². The fourth-order valence-corrected chi connectivity index (χ4v) is 1.74. The third-order valence-corrected chi connectivity index (χ3v) is 2.45. The standard InChI is InChI=1S/C10H17NO/c1-6(2)9-7(3)5-8(4)10(12)11-9/h5-7,9H,1-4H3,(H,11,12). The lowest BCUT2D eigenvalue weighted by Crippen LogP contribution is -2.46. The highest BCUT2D eigenvalue weighted by atomic mass is 16.1. The van der Waals surface area contributed by atoms with Gasteiger partial charge >= 0.3 is 0 Å². The Morgan fingerprint density at radius 3 is 2.58 bits per heavy atom. The molecule has 2 nitrogen and oxygen atoms in total. The first-order chi connectivity index (χ1) is 5.52. The van der Waals surface area contributed by atoms with Crippen LogP contribution in [0.2, 0.25) is 0 Å². The molecule has 1 N–H and O–H groups in total. The van der Waals surface area contributed by atoms with Crippen LogP contribution < -0.4 is 5.32 Å². The van der Waals surface area contributed by atoms with Crippen molar-refractivity contribution in [1.82, 2.24) is 5.32 Å². The molecule has 1 amide bonds. The van der Waals surface area contributed by atoms with E-state index in [4.69, 9.17) is 0 Å². The van der Waals surface area contributed by atoms with Gasteiger partial charge in [0.15, 0.2) is 0 Å². The number of amides is 1. The lowest BCUT2D eigenvalue weighted by molar-refractivity contribution is -0.119. The number of rotatable bonds is 1. The van der Waals surface area contributed by atoms with Crippen LogP contribution in [-0.2, 0) is 4.79 Å². The predicted octanol–water partition coefficient (Wildman–Crippen LogP) is 1.72. The molecule has 0 aliphatic carbocycles. The van der Waals surface area contributed by atoms with E-state index in [0.717, 1.165) is 5.57 Å². The highest BCUT2D eigenvalue weighted by molar-refractivity contribution is 5.93. The van der Waals surface area contributed by atoms with Gasteiger partial charge in [-0.1, -0.05) is 26.8 Å². The lowest BCUT2D eigenvalue weighted by Gasteiger charge is -2.30. The van der Waals surface area contributed by atoms with Gasteiger partial charge in [0.1, 0.15) is 0 Å². The molecule has 1 heterocycles. The van der Waals surface area contributed by atoms with Gasteiger partial charge in [0.2, 0.25) is 5.91 Å². The zero-order chi connectivity index (χ0) is 9.30. The smallest absolute Gasteiger partial charge is 0.246 e. The third kappa shape index (κ3) is 1.68. The Morgan fingerprint density at radius 1 is 1.50 bits per heavy atom. The highest BCUT2D eigenvalue weighted by Gasteiger charge is 2.26. The minimum atomic E-state index is 0.0896. The average Bonchev–Trinajstić information content (AvgIpc) is 1.96. The summed E-state index contributed by atoms with van der Waals surface area (Å²) in [6.45, 7) is 8.28. The maximum absolute atomic E-state index is 11.3. The molecule has 0 spiro atoms. The van der Waals surface area contributed by atoms with Crippen molar-refractivity contribution in [2.75, 3.05) is 0 Å². The third-order valence-electron chi connectivity index (χ3n) is 2.45. The second-order valence-electron chi connectivity index (χ2n) is 3.95. The molecule has 0 saturated heterocycles. The van der Waals surface area contributed by atoms with E-state index in [2.05, 4.69) is 32.2 Å². The molecule has 1 aliphatic rings. The number of carbonyl (C=O) groups is 1. The lowest BCUT2D eigenvalue weighted by atomic mass is 9.87. The van der Waals surface area contributed by atoms with Gasteiger partial charge in [-0.3, -0.25) is 4.79 Å². The van der Waals surface area contributed by atoms with Gasteiger partial charge in [0.25, 0.3) is 0 Å². The van der Waals surface area contributed by atoms with Crippen LogP contribution in [0.3, 0.4) is 0 Å². The van der Waals surface area contributed by atoms with Gasteiger partial charge in [0.05, 0.1) is 0 Å². The van der Waals surface area contributed by atoms with Crippen molar-refractivity contribution in [3.63, 3.8) is 0 Å². The highest BCUT2D eigenvalue weighted by Crippen LogP contribution is 2.19. The van der Waals surface area contributed by atoms with Crippen molar-refractivity contribution < 1.29 is 4.79 Å². The van der Waals surface area contributed by atoms with Crippen LogP contribution >= 0.6 is 0 Å². The topological polar surface area (TPSA) is 29.1 Å². The van der Waals surface area contributed by atoms with Crippen molar-refractivity contribution in [2.24, 2.45) is 11.8 Å². The van der Waals surface area contributed by atoms with Crippen LogP contribution in [0.1, 0.15) is 27.7 Å². The molecule has 1 aliphatic heterocycles. The zero-order valence-electron chi connectivity index (χ0n) is 8.22. The minimum Gasteiger partial charge on any atom is -0.349 e. The Hall–Kier alpha value is -0.790. The molecule has 12 heavy (non-hydrogen) atoms. The van der Waals surface area contributed by atoms with E-state index in [0.29, 0.717) is 17.9 Å². The Bertz CT molecular complexity index is 218. The van der Waals surface area contributed by atoms with Gasteiger partial charge in [-0.2, -0.15) is 0 Å². The summed E-state index contributed by atoms with van der Waals surface area (Å²) >= 11 is 0. The zero-order valence-corrected chi connectivity index (χ0v) is 8.22. The molecule has 2 atom stereocenters. The number of nitrogens with one attached hydrogen (secondary N) is 1. The van der Waals surface area contributed by atoms with Crippen molar-refractivity contribution >= 4 is 5.91 Å². The van der Waals surface area contributed by atoms with Gasteiger partial charge in [-0.05, 0) is 18.8 Å². The molecular formula is C10H17NO. The summed E-state index contributed by atoms with van der Waals surface area (Å²) < 4.78 is 0. The van der Waals surface area contributed by atoms with Crippen LogP contribution in [0.4, 0.5) is 0 Å². The maximum Gasteiger partial charge on any atom is 0.246 e. The van der Waals surface area contributed by atoms with E-state index >= 15 is 0 Å². The molecule has 0 radical (unpaired) electrons. The van der Waals surface area contributed by atoms with E-state index in [1.165, 1.54) is 0 Å². The summed E-state index contributed by atoms with van der Waals surface area (Å²) in [6.07, 6.45) is 2.06. The van der Waals surface area contributed by atoms with Crippen molar-refractivity contribution in [3.05, 3.63) is 11.6 Å². The van der Waals surface area contributed by atoms with Gasteiger partial charge < -0.3 is 5.32 Å². The van der Waals surface area contributed by atoms with Gasteiger partial charge in [-0.15, -0.1) is 0 Å². The Balaban J connectivity index is 2.79. The minimum absolute atomic E-state index is 0.0896. The molecule has 0 aromatic carbocycles. The molecule has 0 saturated carbocycles. The van der Waals surface area contributed by atoms with Crippen molar-refractivity contribution in [2.45, 2.75) is 33.7 Å². The van der Waals surface area contributed by atoms with E-state index in [1.54, 1.807) is 0 Å². The molecule has 0 bridgehead atoms. The summed E-state index contributed by atoms with van der Waals surface area (Å²) in [4.78, 5) is 11.3. The fraction of sp³-hybridized carbons (Fsp3) is 0.700. The van der Waals surface area contributed by atoms with Crippen LogP contribution in [0.15, 0.2) is 11.6 Å². The summed E-state index contributed by atoms with van der Waals surface area (Å²) in [5.74, 6) is 1.06. The molecule has 2 unspecified atom stereocenters. The predicted molar refractivity (Wildman–Crippen MR) is 49.7 cm³/mol. The molecule has 1 rings (SSSR count). The summed E-state index contributed by atoms with van der Waals surface area (Å²) in [5.41, 5.74) is 0.847. The van der Waals surface area contributed by atoms with Gasteiger partial charge in [0, 0.05) is 11.6 Å². The van der Waals surface area contributed by atoms with Crippen LogP contribution in [0.5, 0.6) is 0 Å². The van der Waals surface area contributed by atoms with E-state index < -0.39 is 0 Å². The average molecular weight is 167 g/mol. The second-order valence-corrected chi connectivity index (χ2v) is 3.95. The molecule has 2 heteroatoms. The van der Waals surface area contributed by atoms with Crippen molar-refractivity contribution in [3.8, 4) is 0 Å². The Kier molecular flexibility index (Phi) is 2.55. The first-order valence-electron chi connectivity index (χ1n) is 4.51. The number of hydrogen-bond donors (Lipinski definition) is 1. The first-order valence-corrected chi connectivity index (χ1v) is 4.51. The number of carbonyl (C=O) groups excluding carboxylic acids is 1. The van der Waals surface area contributed by atoms with Crippen LogP contribution in [0, 0.1) is 11.8 Å². The second kappa shape index (κ2) is 3.30. The summed E-state index contributed by atoms with van der Waals surface area (Å²) in [6, 6.07) is 0.307. The van der Waals surface area contributed by atoms with E-state index in [9.17, 15) is 4.79 Å². The molecule has 68 valence electrons. The Morgan fingerprint density at radius 2 is 2.08 bits per heavy atom. The fourth-order valence-electron chi connectivity index (χ4n) is 1.74. The largest absolute Gasteiger partial charge is 0.349 e. The van der Waals surface area contributed by atoms with Crippen LogP contribution in [0.25, 0.3) is 0 Å². The first kappa shape index (κ1) is 9.30. The van der Waals surface area contributed by atoms with Crippen molar-refractivity contribution in [1.29, 1.82) is 0 Å². The van der Waals surface area contributed by atoms with Crippen LogP contribution in [-0.4, -0.2) is 11.9 Å². The molecule has 0 aromatic heterocycles. The normalized spacial score (nSPS) is 30.1. The molecule has 0 aromatic rings. The summed E-state index contributed by atoms with van der Waals surface area (Å²) in [7, 11) is 0. The van der Waals surface area contributed by atoms with E-state index in [1.807, 2.05) is 6.92 Å². The SMILES string of the molecule is CC1=CC(C)C(C(C)C)NC1=O. The molecule has 0 fully saturated rings. The molecular weight excluding hydrogens is 150 g/mol. The quantitative estimate of drug-likeness (QED) is 0.633.